The fourth-order valence-electron chi connectivity index (χ4n) is 1.80. The van der Waals surface area contributed by atoms with Crippen LogP contribution >= 0.6 is 0 Å². The average molecular weight is 496 g/mol. The van der Waals surface area contributed by atoms with Gasteiger partial charge < -0.3 is 0 Å². The van der Waals surface area contributed by atoms with Crippen LogP contribution in [-0.2, 0) is 9.59 Å². The van der Waals surface area contributed by atoms with Crippen LogP contribution in [0.3, 0.4) is 0 Å². The molecule has 178 valence electrons. The van der Waals surface area contributed by atoms with Gasteiger partial charge in [-0.25, -0.2) is 0 Å². The quantitative estimate of drug-likeness (QED) is 0.432. The zero-order valence-corrected chi connectivity index (χ0v) is 21.5. The van der Waals surface area contributed by atoms with E-state index in [2.05, 4.69) is 163 Å². The van der Waals surface area contributed by atoms with E-state index in [4.69, 9.17) is 12.8 Å². The number of amides is 2. The molecule has 0 fully saturated rings. The topological polar surface area (TPSA) is 37.4 Å². The van der Waals surface area contributed by atoms with Crippen molar-refractivity contribution in [1.29, 1.82) is 0 Å². The Hall–Kier alpha value is -6.84. The molecule has 0 bridgehead atoms. The van der Waals surface area contributed by atoms with E-state index in [9.17, 15) is 9.59 Å². The van der Waals surface area contributed by atoms with Crippen LogP contribution in [0, 0.1) is 160 Å². The van der Waals surface area contributed by atoms with Gasteiger partial charge in [-0.1, -0.05) is 20.8 Å². The van der Waals surface area contributed by atoms with Crippen LogP contribution in [0.25, 0.3) is 0 Å². The summed E-state index contributed by atoms with van der Waals surface area (Å²) in [6, 6.07) is 0. The highest BCUT2D eigenvalue weighted by atomic mass is 16.2. The molecule has 0 atom stereocenters. The standard InChI is InChI=1S/C26H2.C10H15NO2/c1-3-5-7-9-11-13-15-17-19-21-23-25-26-24-22-20-18-16-14-12-10-8-6-4-2;1-10(2,3)6-7-11-8(12)4-5-9(11)13/h1-2H;4-5H,6-7H2,1-3H3. The molecule has 0 saturated heterocycles. The van der Waals surface area contributed by atoms with E-state index in [-0.39, 0.29) is 17.2 Å². The summed E-state index contributed by atoms with van der Waals surface area (Å²) in [6.07, 6.45) is 13.3. The molecular formula is C36H17NO2. The first-order valence-electron chi connectivity index (χ1n) is 10.8. The number of hydrogen-bond donors (Lipinski definition) is 0. The zero-order chi connectivity index (χ0) is 29.0. The van der Waals surface area contributed by atoms with E-state index in [0.717, 1.165) is 6.42 Å². The van der Waals surface area contributed by atoms with Crippen molar-refractivity contribution in [3.63, 3.8) is 0 Å². The molecule has 3 heteroatoms. The lowest BCUT2D eigenvalue weighted by molar-refractivity contribution is -0.137. The van der Waals surface area contributed by atoms with E-state index in [1.165, 1.54) is 17.1 Å². The molecule has 0 radical (unpaired) electrons. The minimum atomic E-state index is -0.186. The average Bonchev–Trinajstić information content (AvgIpc) is 3.22. The normalized spacial score (nSPS) is 8.28. The van der Waals surface area contributed by atoms with E-state index in [0.29, 0.717) is 6.54 Å². The van der Waals surface area contributed by atoms with Gasteiger partial charge in [-0.15, -0.1) is 12.8 Å². The number of terminal acetylenes is 2. The monoisotopic (exact) mass is 495 g/mol. The minimum Gasteiger partial charge on any atom is -0.275 e. The van der Waals surface area contributed by atoms with Crippen molar-refractivity contribution in [3.05, 3.63) is 12.2 Å². The molecule has 0 aliphatic carbocycles. The van der Waals surface area contributed by atoms with Gasteiger partial charge in [0, 0.05) is 66.1 Å². The summed E-state index contributed by atoms with van der Waals surface area (Å²) in [5.41, 5.74) is 0.156. The first kappa shape index (κ1) is 32.2. The number of carbonyl (C=O) groups excluding carboxylic acids is 2. The summed E-state index contributed by atoms with van der Waals surface area (Å²) >= 11 is 0. The fraction of sp³-hybridized carbons (Fsp3) is 0.167. The molecule has 0 aromatic rings. The molecule has 1 rings (SSSR count). The van der Waals surface area contributed by atoms with Crippen molar-refractivity contribution >= 4 is 11.8 Å². The third kappa shape index (κ3) is 21.4. The Morgan fingerprint density at radius 3 is 0.949 bits per heavy atom. The van der Waals surface area contributed by atoms with Gasteiger partial charge in [-0.2, -0.15) is 0 Å². The largest absolute Gasteiger partial charge is 0.275 e. The number of carbonyl (C=O) groups is 2. The van der Waals surface area contributed by atoms with Crippen LogP contribution in [-0.4, -0.2) is 23.3 Å². The van der Waals surface area contributed by atoms with E-state index < -0.39 is 0 Å². The summed E-state index contributed by atoms with van der Waals surface area (Å²) in [5.74, 6) is 57.8. The zero-order valence-electron chi connectivity index (χ0n) is 21.5. The highest BCUT2D eigenvalue weighted by Crippen LogP contribution is 2.19. The predicted octanol–water partition coefficient (Wildman–Crippen LogP) is 1.64. The molecule has 1 aliphatic rings. The molecule has 2 amide bonds. The van der Waals surface area contributed by atoms with Crippen LogP contribution in [0.2, 0.25) is 0 Å². The van der Waals surface area contributed by atoms with E-state index >= 15 is 0 Å². The second kappa shape index (κ2) is 21.7. The smallest absolute Gasteiger partial charge is 0.253 e. The van der Waals surface area contributed by atoms with Gasteiger partial charge in [0.05, 0.1) is 0 Å². The Bertz CT molecular complexity index is 1670. The summed E-state index contributed by atoms with van der Waals surface area (Å²) in [7, 11) is 0. The molecular weight excluding hydrogens is 478 g/mol. The maximum absolute atomic E-state index is 11.1. The summed E-state index contributed by atoms with van der Waals surface area (Å²) in [6.45, 7) is 6.79. The first-order chi connectivity index (χ1) is 18.8. The Morgan fingerprint density at radius 1 is 0.513 bits per heavy atom. The molecule has 0 aromatic carbocycles. The Balaban J connectivity index is 0.000000921. The molecule has 0 N–H and O–H groups in total. The van der Waals surface area contributed by atoms with Crippen LogP contribution in [0.1, 0.15) is 27.2 Å². The van der Waals surface area contributed by atoms with Crippen LogP contribution < -0.4 is 0 Å². The van der Waals surface area contributed by atoms with Crippen LogP contribution in [0.15, 0.2) is 12.2 Å². The van der Waals surface area contributed by atoms with Crippen molar-refractivity contribution in [2.24, 2.45) is 5.41 Å². The molecule has 1 heterocycles. The SMILES string of the molecule is C#CC#CC#CC#CC#CC#CC#CC#CC#CC#CC#CC#CC#C.CC(C)(C)CCN1C(=O)C=CC1=O. The van der Waals surface area contributed by atoms with Gasteiger partial charge in [-0.05, 0) is 107 Å². The van der Waals surface area contributed by atoms with Crippen molar-refractivity contribution in [1.82, 2.24) is 4.90 Å². The van der Waals surface area contributed by atoms with Gasteiger partial charge in [0.15, 0.2) is 0 Å². The summed E-state index contributed by atoms with van der Waals surface area (Å²) in [4.78, 5) is 23.5. The number of hydrogen-bond acceptors (Lipinski definition) is 2. The number of imide groups is 1. The van der Waals surface area contributed by atoms with Crippen molar-refractivity contribution < 1.29 is 9.59 Å². The summed E-state index contributed by atoms with van der Waals surface area (Å²) in [5, 5.41) is 0. The Labute approximate surface area is 232 Å². The van der Waals surface area contributed by atoms with Crippen LogP contribution in [0.4, 0.5) is 0 Å². The maximum Gasteiger partial charge on any atom is 0.253 e. The summed E-state index contributed by atoms with van der Waals surface area (Å²) < 4.78 is 0. The van der Waals surface area contributed by atoms with Crippen molar-refractivity contribution in [3.8, 4) is 155 Å². The Morgan fingerprint density at radius 2 is 0.744 bits per heavy atom. The van der Waals surface area contributed by atoms with Gasteiger partial charge in [0.2, 0.25) is 0 Å². The minimum absolute atomic E-state index is 0.156. The lowest BCUT2D eigenvalue weighted by Gasteiger charge is -2.21. The van der Waals surface area contributed by atoms with Gasteiger partial charge >= 0.3 is 0 Å². The van der Waals surface area contributed by atoms with Gasteiger partial charge in [0.25, 0.3) is 11.8 Å². The van der Waals surface area contributed by atoms with Crippen molar-refractivity contribution in [2.45, 2.75) is 27.2 Å². The van der Waals surface area contributed by atoms with Gasteiger partial charge in [0.1, 0.15) is 0 Å². The number of rotatable bonds is 2. The maximum atomic E-state index is 11.1. The second-order valence-electron chi connectivity index (χ2n) is 7.51. The molecule has 0 aromatic heterocycles. The van der Waals surface area contributed by atoms with E-state index in [1.807, 2.05) is 0 Å². The van der Waals surface area contributed by atoms with E-state index in [1.54, 1.807) is 0 Å². The lowest BCUT2D eigenvalue weighted by atomic mass is 9.92. The molecule has 0 saturated carbocycles. The third-order valence-electron chi connectivity index (χ3n) is 3.44. The predicted molar refractivity (Wildman–Crippen MR) is 153 cm³/mol. The van der Waals surface area contributed by atoms with Crippen molar-refractivity contribution in [2.75, 3.05) is 6.54 Å². The second-order valence-corrected chi connectivity index (χ2v) is 7.51. The van der Waals surface area contributed by atoms with Crippen LogP contribution in [0.5, 0.6) is 0 Å². The van der Waals surface area contributed by atoms with Gasteiger partial charge in [-0.3, -0.25) is 14.5 Å². The molecule has 0 unspecified atom stereocenters. The third-order valence-corrected chi connectivity index (χ3v) is 3.44. The highest BCUT2D eigenvalue weighted by Gasteiger charge is 2.24. The molecule has 1 aliphatic heterocycles. The lowest BCUT2D eigenvalue weighted by Crippen LogP contribution is -2.32. The highest BCUT2D eigenvalue weighted by molar-refractivity contribution is 6.12. The molecule has 39 heavy (non-hydrogen) atoms. The molecule has 3 nitrogen and oxygen atoms in total. The number of nitrogens with zero attached hydrogens (tertiary/aromatic N) is 1. The molecule has 0 spiro atoms. The first-order valence-corrected chi connectivity index (χ1v) is 10.8. The fourth-order valence-corrected chi connectivity index (χ4v) is 1.80. The Kier molecular flexibility index (Phi) is 17.9.